The molecular formula is C4H2N4O3. The van der Waals surface area contributed by atoms with Crippen LogP contribution in [-0.2, 0) is 0 Å². The fourth-order valence-electron chi connectivity index (χ4n) is 0.679. The zero-order valence-electron chi connectivity index (χ0n) is 5.12. The summed E-state index contributed by atoms with van der Waals surface area (Å²) in [5.41, 5.74) is -1.35. The first kappa shape index (κ1) is 5.83. The standard InChI is InChI=1S/C4H2N4O3/c9-2-3(10)6-4-1(5-2)7-8-11-4/h(H,5,9)(H,6,10). The SMILES string of the molecule is O=c1[nH]c2nnoc2[nH]c1=O. The van der Waals surface area contributed by atoms with Crippen molar-refractivity contribution < 1.29 is 4.52 Å². The van der Waals surface area contributed by atoms with Crippen LogP contribution >= 0.6 is 0 Å². The summed E-state index contributed by atoms with van der Waals surface area (Å²) in [6.07, 6.45) is 0. The molecule has 56 valence electrons. The van der Waals surface area contributed by atoms with Gasteiger partial charge in [0.2, 0.25) is 5.65 Å². The van der Waals surface area contributed by atoms with Crippen LogP contribution in [0.25, 0.3) is 11.4 Å². The Balaban J connectivity index is 3.09. The highest BCUT2D eigenvalue weighted by Gasteiger charge is 2.02. The minimum Gasteiger partial charge on any atom is -0.316 e. The summed E-state index contributed by atoms with van der Waals surface area (Å²) in [5, 5.41) is 6.50. The normalized spacial score (nSPS) is 10.5. The van der Waals surface area contributed by atoms with Crippen LogP contribution in [0.2, 0.25) is 0 Å². The van der Waals surface area contributed by atoms with Gasteiger partial charge in [-0.15, -0.1) is 0 Å². The van der Waals surface area contributed by atoms with Crippen molar-refractivity contribution in [3.63, 3.8) is 0 Å². The lowest BCUT2D eigenvalue weighted by Crippen LogP contribution is -2.28. The van der Waals surface area contributed by atoms with E-state index in [0.717, 1.165) is 0 Å². The van der Waals surface area contributed by atoms with E-state index in [2.05, 4.69) is 24.9 Å². The van der Waals surface area contributed by atoms with Crippen LogP contribution < -0.4 is 11.1 Å². The summed E-state index contributed by atoms with van der Waals surface area (Å²) >= 11 is 0. The zero-order chi connectivity index (χ0) is 7.84. The highest BCUT2D eigenvalue weighted by molar-refractivity contribution is 5.59. The number of rotatable bonds is 0. The number of aromatic nitrogens is 4. The van der Waals surface area contributed by atoms with E-state index in [1.165, 1.54) is 0 Å². The summed E-state index contributed by atoms with van der Waals surface area (Å²) in [6.45, 7) is 0. The molecule has 0 saturated heterocycles. The summed E-state index contributed by atoms with van der Waals surface area (Å²) < 4.78 is 4.47. The fourth-order valence-corrected chi connectivity index (χ4v) is 0.679. The zero-order valence-corrected chi connectivity index (χ0v) is 5.12. The molecule has 0 aromatic carbocycles. The van der Waals surface area contributed by atoms with Crippen LogP contribution in [0.3, 0.4) is 0 Å². The average molecular weight is 154 g/mol. The Bertz CT molecular complexity index is 447. The molecule has 0 atom stereocenters. The molecule has 0 saturated carbocycles. The van der Waals surface area contributed by atoms with Gasteiger partial charge in [-0.2, -0.15) is 0 Å². The van der Waals surface area contributed by atoms with E-state index in [-0.39, 0.29) is 11.4 Å². The van der Waals surface area contributed by atoms with E-state index in [1.807, 2.05) is 0 Å². The van der Waals surface area contributed by atoms with Crippen molar-refractivity contribution in [3.05, 3.63) is 20.7 Å². The minimum atomic E-state index is -0.781. The Hall–Kier alpha value is -1.92. The maximum absolute atomic E-state index is 10.6. The second kappa shape index (κ2) is 1.78. The summed E-state index contributed by atoms with van der Waals surface area (Å²) in [5.74, 6) is 0. The summed E-state index contributed by atoms with van der Waals surface area (Å²) in [7, 11) is 0. The van der Waals surface area contributed by atoms with E-state index >= 15 is 0 Å². The molecule has 0 aliphatic rings. The van der Waals surface area contributed by atoms with Gasteiger partial charge in [0.15, 0.2) is 0 Å². The maximum atomic E-state index is 10.6. The molecule has 0 aliphatic heterocycles. The second-order valence-electron chi connectivity index (χ2n) is 1.86. The van der Waals surface area contributed by atoms with Crippen molar-refractivity contribution in [2.24, 2.45) is 0 Å². The molecule has 0 radical (unpaired) electrons. The predicted octanol–water partition coefficient (Wildman–Crippen LogP) is -1.40. The molecule has 2 N–H and O–H groups in total. The van der Waals surface area contributed by atoms with E-state index in [4.69, 9.17) is 0 Å². The van der Waals surface area contributed by atoms with Crippen LogP contribution in [-0.4, -0.2) is 20.3 Å². The first-order valence-electron chi connectivity index (χ1n) is 2.72. The number of fused-ring (bicyclic) bond motifs is 1. The number of hydrogen-bond acceptors (Lipinski definition) is 5. The molecule has 7 heteroatoms. The molecule has 0 spiro atoms. The van der Waals surface area contributed by atoms with Crippen LogP contribution in [0.15, 0.2) is 14.1 Å². The van der Waals surface area contributed by atoms with Crippen molar-refractivity contribution in [1.29, 1.82) is 0 Å². The van der Waals surface area contributed by atoms with Crippen molar-refractivity contribution in [2.75, 3.05) is 0 Å². The Labute approximate surface area is 58.0 Å². The monoisotopic (exact) mass is 154 g/mol. The highest BCUT2D eigenvalue weighted by Crippen LogP contribution is 1.95. The van der Waals surface area contributed by atoms with Gasteiger partial charge in [0.1, 0.15) is 0 Å². The molecule has 2 rings (SSSR count). The average Bonchev–Trinajstić information content (AvgIpc) is 2.36. The maximum Gasteiger partial charge on any atom is 0.316 e. The van der Waals surface area contributed by atoms with Crippen molar-refractivity contribution in [2.45, 2.75) is 0 Å². The predicted molar refractivity (Wildman–Crippen MR) is 33.0 cm³/mol. The molecule has 2 heterocycles. The smallest absolute Gasteiger partial charge is 0.316 e. The molecule has 7 nitrogen and oxygen atoms in total. The van der Waals surface area contributed by atoms with Crippen molar-refractivity contribution in [3.8, 4) is 0 Å². The fraction of sp³-hybridized carbons (Fsp3) is 0. The van der Waals surface area contributed by atoms with Crippen LogP contribution in [0.5, 0.6) is 0 Å². The first-order valence-corrected chi connectivity index (χ1v) is 2.72. The van der Waals surface area contributed by atoms with Gasteiger partial charge in [0, 0.05) is 5.27 Å². The Morgan fingerprint density at radius 1 is 1.18 bits per heavy atom. The molecule has 0 aliphatic carbocycles. The molecule has 11 heavy (non-hydrogen) atoms. The van der Waals surface area contributed by atoms with E-state index in [1.54, 1.807) is 0 Å². The van der Waals surface area contributed by atoms with Gasteiger partial charge in [-0.3, -0.25) is 19.6 Å². The van der Waals surface area contributed by atoms with Gasteiger partial charge < -0.3 is 4.52 Å². The second-order valence-corrected chi connectivity index (χ2v) is 1.86. The van der Waals surface area contributed by atoms with Gasteiger partial charge in [0.25, 0.3) is 5.71 Å². The quantitative estimate of drug-likeness (QED) is 0.454. The molecule has 0 fully saturated rings. The lowest BCUT2D eigenvalue weighted by atomic mass is 10.7. The van der Waals surface area contributed by atoms with Gasteiger partial charge in [-0.05, 0) is 0 Å². The molecular weight excluding hydrogens is 152 g/mol. The number of hydrogen-bond donors (Lipinski definition) is 2. The lowest BCUT2D eigenvalue weighted by molar-refractivity contribution is 0.417. The largest absolute Gasteiger partial charge is 0.316 e. The lowest BCUT2D eigenvalue weighted by Gasteiger charge is -1.80. The molecule has 0 unspecified atom stereocenters. The summed E-state index contributed by atoms with van der Waals surface area (Å²) in [6, 6.07) is 0. The van der Waals surface area contributed by atoms with Crippen molar-refractivity contribution >= 4 is 11.4 Å². The molecule has 0 amide bonds. The van der Waals surface area contributed by atoms with E-state index in [0.29, 0.717) is 0 Å². The first-order chi connectivity index (χ1) is 5.27. The molecule has 2 aromatic rings. The van der Waals surface area contributed by atoms with Gasteiger partial charge in [-0.25, -0.2) is 0 Å². The third-order valence-electron chi connectivity index (χ3n) is 1.15. The third-order valence-corrected chi connectivity index (χ3v) is 1.15. The van der Waals surface area contributed by atoms with Crippen molar-refractivity contribution in [1.82, 2.24) is 20.3 Å². The number of nitrogens with one attached hydrogen (secondary N) is 2. The van der Waals surface area contributed by atoms with Crippen LogP contribution in [0, 0.1) is 0 Å². The topological polar surface area (TPSA) is 105 Å². The summed E-state index contributed by atoms with van der Waals surface area (Å²) in [4.78, 5) is 25.6. The van der Waals surface area contributed by atoms with E-state index < -0.39 is 11.1 Å². The minimum absolute atomic E-state index is 0.0644. The van der Waals surface area contributed by atoms with Gasteiger partial charge in [-0.1, -0.05) is 5.10 Å². The Kier molecular flexibility index (Phi) is 0.945. The number of nitrogens with zero attached hydrogens (tertiary/aromatic N) is 2. The van der Waals surface area contributed by atoms with Crippen LogP contribution in [0.1, 0.15) is 0 Å². The Morgan fingerprint density at radius 3 is 2.73 bits per heavy atom. The van der Waals surface area contributed by atoms with Gasteiger partial charge >= 0.3 is 11.1 Å². The molecule has 2 aromatic heterocycles. The van der Waals surface area contributed by atoms with Gasteiger partial charge in [0.05, 0.1) is 0 Å². The number of aromatic amines is 2. The van der Waals surface area contributed by atoms with Crippen LogP contribution in [0.4, 0.5) is 0 Å². The highest BCUT2D eigenvalue weighted by atomic mass is 16.5. The van der Waals surface area contributed by atoms with E-state index in [9.17, 15) is 9.59 Å². The third kappa shape index (κ3) is 0.741. The number of H-pyrrole nitrogens is 2. The molecule has 0 bridgehead atoms. The Morgan fingerprint density at radius 2 is 1.91 bits per heavy atom.